The lowest BCUT2D eigenvalue weighted by Gasteiger charge is -2.45. The highest BCUT2D eigenvalue weighted by Crippen LogP contribution is 2.32. The molecule has 10 nitrogen and oxygen atoms in total. The number of carbonyl (C=O) groups excluding carboxylic acids is 2. The number of hydrogen-bond acceptors (Lipinski definition) is 9. The summed E-state index contributed by atoms with van der Waals surface area (Å²) < 4.78 is 37.6. The molecule has 1 aromatic carbocycles. The van der Waals surface area contributed by atoms with Crippen LogP contribution >= 0.6 is 0 Å². The fraction of sp³-hybridized carbons (Fsp3) is 0.849. The largest absolute Gasteiger partial charge is 0.490 e. The van der Waals surface area contributed by atoms with Gasteiger partial charge in [-0.2, -0.15) is 0 Å². The van der Waals surface area contributed by atoms with Crippen molar-refractivity contribution in [3.05, 3.63) is 23.8 Å². The number of aliphatic hydroxyl groups excluding tert-OH is 1. The Bertz CT molecular complexity index is 1320. The van der Waals surface area contributed by atoms with E-state index in [2.05, 4.69) is 26.1 Å². The van der Waals surface area contributed by atoms with Crippen molar-refractivity contribution in [2.45, 2.75) is 271 Å². The van der Waals surface area contributed by atoms with Crippen LogP contribution in [0.25, 0.3) is 0 Å². The Morgan fingerprint density at radius 3 is 1.58 bits per heavy atom. The number of ether oxygens (including phenoxy) is 5. The van der Waals surface area contributed by atoms with Crippen molar-refractivity contribution < 1.29 is 42.8 Å². The highest BCUT2D eigenvalue weighted by Gasteiger charge is 2.49. The number of carbonyl (C=O) groups is 2. The van der Waals surface area contributed by atoms with Gasteiger partial charge < -0.3 is 38.5 Å². The first-order valence-corrected chi connectivity index (χ1v) is 28.6. The van der Waals surface area contributed by atoms with Crippen molar-refractivity contribution in [2.75, 3.05) is 19.8 Å². The molecule has 1 saturated heterocycles. The average Bonchev–Trinajstić information content (AvgIpc) is 3.25. The van der Waals surface area contributed by atoms with Gasteiger partial charge in [0.05, 0.1) is 31.0 Å². The molecule has 1 aromatic rings. The summed E-state index contributed by atoms with van der Waals surface area (Å²) in [5.41, 5.74) is -0.232. The third kappa shape index (κ3) is 26.8. The average molecular weight is 919 g/mol. The lowest BCUT2D eigenvalue weighted by Crippen LogP contribution is -2.66. The summed E-state index contributed by atoms with van der Waals surface area (Å²) in [4.78, 5) is 27.8. The van der Waals surface area contributed by atoms with Crippen molar-refractivity contribution in [1.82, 2.24) is 5.32 Å². The number of hydrogen-bond donors (Lipinski definition) is 2. The number of benzene rings is 1. The lowest BCUT2D eigenvalue weighted by atomic mass is 9.96. The second-order valence-corrected chi connectivity index (χ2v) is 21.6. The molecule has 1 radical (unpaired) electrons. The van der Waals surface area contributed by atoms with Crippen molar-refractivity contribution >= 4 is 20.9 Å². The minimum atomic E-state index is -1.34. The number of aliphatic hydroxyl groups is 1. The SMILES string of the molecule is CCCCCCCCCCCCCC(=O)N[C@H]1C(O[Si](C)C)O[C@H](COC(C)(C)C)[C@@H](O)[C@@H]1OC(=O)c1ccc(OCCCCCCCCCC)c(OCCCCCCCCCC)c1. The molecular weight excluding hydrogens is 823 g/mol. The van der Waals surface area contributed by atoms with E-state index in [0.717, 1.165) is 44.9 Å². The van der Waals surface area contributed by atoms with Gasteiger partial charge in [0.2, 0.25) is 14.9 Å². The number of esters is 1. The maximum Gasteiger partial charge on any atom is 0.338 e. The van der Waals surface area contributed by atoms with Crippen LogP contribution in [0, 0.1) is 0 Å². The van der Waals surface area contributed by atoms with Crippen LogP contribution in [0.4, 0.5) is 0 Å². The zero-order valence-electron chi connectivity index (χ0n) is 42.3. The second-order valence-electron chi connectivity index (χ2n) is 19.5. The normalized spacial score (nSPS) is 18.9. The van der Waals surface area contributed by atoms with Crippen LogP contribution in [-0.4, -0.2) is 82.1 Å². The molecule has 1 amide bonds. The molecule has 0 aliphatic carbocycles. The van der Waals surface area contributed by atoms with E-state index in [-0.39, 0.29) is 18.1 Å². The molecule has 1 fully saturated rings. The number of nitrogens with one attached hydrogen (secondary N) is 1. The van der Waals surface area contributed by atoms with Gasteiger partial charge in [-0.1, -0.05) is 175 Å². The number of unbranched alkanes of at least 4 members (excludes halogenated alkanes) is 24. The Morgan fingerprint density at radius 2 is 1.11 bits per heavy atom. The molecule has 1 aliphatic heterocycles. The fourth-order valence-corrected chi connectivity index (χ4v) is 8.78. The van der Waals surface area contributed by atoms with Gasteiger partial charge in [0.25, 0.3) is 0 Å². The molecule has 0 saturated carbocycles. The van der Waals surface area contributed by atoms with E-state index in [1.807, 2.05) is 33.9 Å². The number of amides is 1. The summed E-state index contributed by atoms with van der Waals surface area (Å²) in [6.07, 6.45) is 28.3. The van der Waals surface area contributed by atoms with Crippen molar-refractivity contribution in [3.63, 3.8) is 0 Å². The van der Waals surface area contributed by atoms with Gasteiger partial charge in [-0.3, -0.25) is 4.79 Å². The Labute approximate surface area is 393 Å². The van der Waals surface area contributed by atoms with E-state index < -0.39 is 51.3 Å². The van der Waals surface area contributed by atoms with E-state index in [0.29, 0.717) is 31.1 Å². The van der Waals surface area contributed by atoms with Crippen molar-refractivity contribution in [1.29, 1.82) is 0 Å². The molecule has 5 atom stereocenters. The zero-order valence-corrected chi connectivity index (χ0v) is 43.3. The second kappa shape index (κ2) is 35.9. The lowest BCUT2D eigenvalue weighted by molar-refractivity contribution is -0.254. The molecule has 0 aromatic heterocycles. The Hall–Kier alpha value is -2.18. The maximum atomic E-state index is 14.2. The van der Waals surface area contributed by atoms with Gasteiger partial charge in [-0.15, -0.1) is 0 Å². The van der Waals surface area contributed by atoms with Gasteiger partial charge in [-0.05, 0) is 71.3 Å². The van der Waals surface area contributed by atoms with E-state index in [4.69, 9.17) is 28.1 Å². The van der Waals surface area contributed by atoms with Crippen LogP contribution in [0.1, 0.15) is 232 Å². The third-order valence-corrected chi connectivity index (χ3v) is 12.7. The topological polar surface area (TPSA) is 122 Å². The fourth-order valence-electron chi connectivity index (χ4n) is 8.12. The van der Waals surface area contributed by atoms with E-state index >= 15 is 0 Å². The van der Waals surface area contributed by atoms with E-state index in [9.17, 15) is 14.7 Å². The molecular formula is C53H96NO9Si. The standard InChI is InChI=1S/C53H96NO9Si/c1-9-12-15-18-21-24-25-26-27-30-33-36-47(55)54-48-50(49(56)46(42-60-53(4,5)6)61-52(48)63-64(7)8)62-51(57)43-37-38-44(58-39-34-31-28-22-19-16-13-10-2)45(41-43)59-40-35-32-29-23-20-17-14-11-3/h37-38,41,46,48-50,52,56H,9-36,39-40,42H2,1-8H3,(H,54,55)/t46-,48-,49-,50-,52?/m1/s1. The molecule has 11 heteroatoms. The summed E-state index contributed by atoms with van der Waals surface area (Å²) in [7, 11) is -1.34. The first kappa shape index (κ1) is 57.9. The summed E-state index contributed by atoms with van der Waals surface area (Å²) in [5.74, 6) is 0.274. The summed E-state index contributed by atoms with van der Waals surface area (Å²) in [6.45, 7) is 17.6. The molecule has 1 aliphatic rings. The molecule has 64 heavy (non-hydrogen) atoms. The summed E-state index contributed by atoms with van der Waals surface area (Å²) in [5, 5.41) is 14.9. The molecule has 2 N–H and O–H groups in total. The van der Waals surface area contributed by atoms with Crippen LogP contribution in [0.15, 0.2) is 18.2 Å². The monoisotopic (exact) mass is 919 g/mol. The Balaban J connectivity index is 2.20. The summed E-state index contributed by atoms with van der Waals surface area (Å²) in [6, 6.07) is 4.23. The predicted octanol–water partition coefficient (Wildman–Crippen LogP) is 13.6. The van der Waals surface area contributed by atoms with Crippen LogP contribution in [0.5, 0.6) is 11.5 Å². The highest BCUT2D eigenvalue weighted by atomic mass is 28.3. The Morgan fingerprint density at radius 1 is 0.656 bits per heavy atom. The van der Waals surface area contributed by atoms with Gasteiger partial charge in [0.15, 0.2) is 23.9 Å². The minimum absolute atomic E-state index is 0.0507. The first-order chi connectivity index (χ1) is 30.9. The van der Waals surface area contributed by atoms with Gasteiger partial charge in [0.1, 0.15) is 18.2 Å². The third-order valence-electron chi connectivity index (χ3n) is 12.0. The van der Waals surface area contributed by atoms with E-state index in [1.54, 1.807) is 18.2 Å². The quantitative estimate of drug-likeness (QED) is 0.0378. The molecule has 371 valence electrons. The maximum absolute atomic E-state index is 14.2. The van der Waals surface area contributed by atoms with Crippen LogP contribution in [0.3, 0.4) is 0 Å². The van der Waals surface area contributed by atoms with Gasteiger partial charge >= 0.3 is 5.97 Å². The molecule has 1 heterocycles. The van der Waals surface area contributed by atoms with Crippen molar-refractivity contribution in [3.8, 4) is 11.5 Å². The minimum Gasteiger partial charge on any atom is -0.490 e. The molecule has 1 unspecified atom stereocenters. The zero-order chi connectivity index (χ0) is 46.8. The molecule has 2 rings (SSSR count). The molecule has 0 bridgehead atoms. The number of rotatable bonds is 39. The Kier molecular flexibility index (Phi) is 32.5. The van der Waals surface area contributed by atoms with Gasteiger partial charge in [0, 0.05) is 6.42 Å². The van der Waals surface area contributed by atoms with Crippen LogP contribution in [0.2, 0.25) is 13.1 Å². The van der Waals surface area contributed by atoms with Crippen LogP contribution in [-0.2, 0) is 23.4 Å². The van der Waals surface area contributed by atoms with Gasteiger partial charge in [-0.25, -0.2) is 4.79 Å². The van der Waals surface area contributed by atoms with Crippen LogP contribution < -0.4 is 14.8 Å². The van der Waals surface area contributed by atoms with Crippen molar-refractivity contribution in [2.24, 2.45) is 0 Å². The predicted molar refractivity (Wildman–Crippen MR) is 264 cm³/mol. The highest BCUT2D eigenvalue weighted by molar-refractivity contribution is 6.48. The van der Waals surface area contributed by atoms with E-state index in [1.165, 1.54) is 128 Å². The first-order valence-electron chi connectivity index (χ1n) is 26.2. The smallest absolute Gasteiger partial charge is 0.338 e. The molecule has 0 spiro atoms. The summed E-state index contributed by atoms with van der Waals surface area (Å²) >= 11 is 0.